The van der Waals surface area contributed by atoms with Gasteiger partial charge in [-0.15, -0.1) is 24.0 Å². The Morgan fingerprint density at radius 2 is 1.81 bits per heavy atom. The maximum atomic E-state index is 12.5. The second kappa shape index (κ2) is 11.1. The molecule has 1 fully saturated rings. The van der Waals surface area contributed by atoms with E-state index in [2.05, 4.69) is 15.6 Å². The highest BCUT2D eigenvalue weighted by Gasteiger charge is 2.35. The molecule has 2 aliphatic heterocycles. The molecule has 1 aromatic rings. The lowest BCUT2D eigenvalue weighted by molar-refractivity contribution is -0.143. The number of nitrogens with one attached hydrogen (secondary N) is 2. The van der Waals surface area contributed by atoms with E-state index < -0.39 is 12.7 Å². The normalized spacial score (nSPS) is 19.4. The molecule has 11 heteroatoms. The van der Waals surface area contributed by atoms with Gasteiger partial charge in [0.1, 0.15) is 0 Å². The Kier molecular flexibility index (Phi) is 9.10. The standard InChI is InChI=1S/C20H26F3N5O2.HI/c1-24-19(26-14-8-11-27(12-14)13-20(21,22)23)25-9-4-5-10-28-17(29)15-6-2-3-7-16(15)18(28)30;/h2-3,6-7,14H,4-5,8-13H2,1H3,(H2,24,25,26);1H. The third kappa shape index (κ3) is 6.79. The molecule has 3 rings (SSSR count). The first-order valence-corrected chi connectivity index (χ1v) is 10.00. The number of likely N-dealkylation sites (tertiary alicyclic amines) is 1. The zero-order chi connectivity index (χ0) is 21.7. The van der Waals surface area contributed by atoms with Crippen molar-refractivity contribution in [2.24, 2.45) is 4.99 Å². The lowest BCUT2D eigenvalue weighted by Crippen LogP contribution is -2.45. The van der Waals surface area contributed by atoms with Crippen molar-refractivity contribution in [2.45, 2.75) is 31.5 Å². The second-order valence-electron chi connectivity index (χ2n) is 7.49. The van der Waals surface area contributed by atoms with Gasteiger partial charge in [-0.05, 0) is 31.4 Å². The van der Waals surface area contributed by atoms with Crippen LogP contribution in [0.3, 0.4) is 0 Å². The Bertz CT molecular complexity index is 783. The van der Waals surface area contributed by atoms with E-state index in [-0.39, 0.29) is 41.8 Å². The zero-order valence-corrected chi connectivity index (χ0v) is 19.6. The SMILES string of the molecule is CN=C(NCCCCN1C(=O)c2ccccc2C1=O)NC1CCN(CC(F)(F)F)C1.I. The molecule has 2 aliphatic rings. The smallest absolute Gasteiger partial charge is 0.356 e. The fourth-order valence-corrected chi connectivity index (χ4v) is 3.78. The predicted molar refractivity (Wildman–Crippen MR) is 122 cm³/mol. The molecule has 1 aromatic carbocycles. The summed E-state index contributed by atoms with van der Waals surface area (Å²) in [4.78, 5) is 31.4. The molecule has 0 aliphatic carbocycles. The maximum absolute atomic E-state index is 12.5. The summed E-state index contributed by atoms with van der Waals surface area (Å²) in [6.07, 6.45) is -2.22. The van der Waals surface area contributed by atoms with E-state index in [0.29, 0.717) is 62.5 Å². The van der Waals surface area contributed by atoms with Gasteiger partial charge in [0, 0.05) is 39.3 Å². The summed E-state index contributed by atoms with van der Waals surface area (Å²) >= 11 is 0. The summed E-state index contributed by atoms with van der Waals surface area (Å²) in [7, 11) is 1.61. The van der Waals surface area contributed by atoms with Gasteiger partial charge < -0.3 is 10.6 Å². The molecule has 172 valence electrons. The molecule has 31 heavy (non-hydrogen) atoms. The van der Waals surface area contributed by atoms with Crippen LogP contribution in [0.25, 0.3) is 0 Å². The van der Waals surface area contributed by atoms with Crippen molar-refractivity contribution in [2.75, 3.05) is 39.8 Å². The second-order valence-corrected chi connectivity index (χ2v) is 7.49. The molecule has 2 heterocycles. The molecule has 2 N–H and O–H groups in total. The molecule has 7 nitrogen and oxygen atoms in total. The molecule has 2 amide bonds. The summed E-state index contributed by atoms with van der Waals surface area (Å²) < 4.78 is 37.5. The third-order valence-electron chi connectivity index (χ3n) is 5.22. The van der Waals surface area contributed by atoms with Crippen LogP contribution in [-0.4, -0.2) is 79.6 Å². The van der Waals surface area contributed by atoms with Crippen molar-refractivity contribution in [3.05, 3.63) is 35.4 Å². The van der Waals surface area contributed by atoms with Crippen LogP contribution < -0.4 is 10.6 Å². The molecule has 0 spiro atoms. The highest BCUT2D eigenvalue weighted by Crippen LogP contribution is 2.22. The Balaban J connectivity index is 0.00000341. The number of rotatable bonds is 7. The van der Waals surface area contributed by atoms with E-state index in [1.807, 2.05) is 0 Å². The summed E-state index contributed by atoms with van der Waals surface area (Å²) in [5.74, 6) is 0.0194. The quantitative estimate of drug-likeness (QED) is 0.179. The van der Waals surface area contributed by atoms with Gasteiger partial charge in [0.2, 0.25) is 0 Å². The number of hydrogen-bond donors (Lipinski definition) is 2. The number of alkyl halides is 3. The number of imide groups is 1. The van der Waals surface area contributed by atoms with Crippen LogP contribution in [0.4, 0.5) is 13.2 Å². The largest absolute Gasteiger partial charge is 0.401 e. The van der Waals surface area contributed by atoms with Crippen molar-refractivity contribution in [3.63, 3.8) is 0 Å². The molecule has 0 radical (unpaired) electrons. The van der Waals surface area contributed by atoms with Gasteiger partial charge in [0.15, 0.2) is 5.96 Å². The van der Waals surface area contributed by atoms with E-state index in [0.717, 1.165) is 0 Å². The zero-order valence-electron chi connectivity index (χ0n) is 17.2. The van der Waals surface area contributed by atoms with Gasteiger partial charge in [-0.3, -0.25) is 24.4 Å². The Morgan fingerprint density at radius 1 is 1.16 bits per heavy atom. The van der Waals surface area contributed by atoms with E-state index in [1.165, 1.54) is 9.80 Å². The van der Waals surface area contributed by atoms with E-state index in [9.17, 15) is 22.8 Å². The van der Waals surface area contributed by atoms with Gasteiger partial charge in [0.05, 0.1) is 17.7 Å². The van der Waals surface area contributed by atoms with Crippen molar-refractivity contribution in [1.29, 1.82) is 0 Å². The van der Waals surface area contributed by atoms with Crippen LogP contribution in [0.2, 0.25) is 0 Å². The summed E-state index contributed by atoms with van der Waals surface area (Å²) in [6, 6.07) is 6.71. The number of fused-ring (bicyclic) bond motifs is 1. The number of nitrogens with zero attached hydrogens (tertiary/aromatic N) is 3. The van der Waals surface area contributed by atoms with E-state index in [4.69, 9.17) is 0 Å². The minimum atomic E-state index is -4.19. The van der Waals surface area contributed by atoms with Gasteiger partial charge >= 0.3 is 6.18 Å². The predicted octanol–water partition coefficient (Wildman–Crippen LogP) is 2.48. The number of benzene rings is 1. The van der Waals surface area contributed by atoms with Crippen LogP contribution in [0.15, 0.2) is 29.3 Å². The Morgan fingerprint density at radius 3 is 2.39 bits per heavy atom. The molecular weight excluding hydrogens is 526 g/mol. The first kappa shape index (κ1) is 25.4. The maximum Gasteiger partial charge on any atom is 0.401 e. The number of amides is 2. The fraction of sp³-hybridized carbons (Fsp3) is 0.550. The summed E-state index contributed by atoms with van der Waals surface area (Å²) in [5.41, 5.74) is 0.891. The number of halogens is 4. The average molecular weight is 553 g/mol. The number of carbonyl (C=O) groups excluding carboxylic acids is 2. The fourth-order valence-electron chi connectivity index (χ4n) is 3.78. The number of unbranched alkanes of at least 4 members (excludes halogenated alkanes) is 1. The highest BCUT2D eigenvalue weighted by molar-refractivity contribution is 14.0. The van der Waals surface area contributed by atoms with Crippen LogP contribution in [0, 0.1) is 0 Å². The highest BCUT2D eigenvalue weighted by atomic mass is 127. The molecule has 0 saturated carbocycles. The van der Waals surface area contributed by atoms with Crippen molar-refractivity contribution in [1.82, 2.24) is 20.4 Å². The molecule has 0 aromatic heterocycles. The van der Waals surface area contributed by atoms with Gasteiger partial charge in [0.25, 0.3) is 11.8 Å². The molecular formula is C20H27F3IN5O2. The van der Waals surface area contributed by atoms with Gasteiger partial charge in [-0.25, -0.2) is 0 Å². The lowest BCUT2D eigenvalue weighted by Gasteiger charge is -2.20. The van der Waals surface area contributed by atoms with Crippen LogP contribution >= 0.6 is 24.0 Å². The van der Waals surface area contributed by atoms with E-state index >= 15 is 0 Å². The van der Waals surface area contributed by atoms with Crippen LogP contribution in [0.5, 0.6) is 0 Å². The number of guanidine groups is 1. The monoisotopic (exact) mass is 553 g/mol. The molecule has 1 unspecified atom stereocenters. The summed E-state index contributed by atoms with van der Waals surface area (Å²) in [5, 5.41) is 6.28. The van der Waals surface area contributed by atoms with Gasteiger partial charge in [-0.1, -0.05) is 12.1 Å². The Labute approximate surface area is 196 Å². The average Bonchev–Trinajstić information content (AvgIpc) is 3.22. The molecule has 1 atom stereocenters. The van der Waals surface area contributed by atoms with Crippen molar-refractivity contribution in [3.8, 4) is 0 Å². The van der Waals surface area contributed by atoms with E-state index in [1.54, 1.807) is 31.3 Å². The Hall–Kier alpha value is -1.89. The van der Waals surface area contributed by atoms with Crippen molar-refractivity contribution < 1.29 is 22.8 Å². The van der Waals surface area contributed by atoms with Crippen LogP contribution in [-0.2, 0) is 0 Å². The first-order valence-electron chi connectivity index (χ1n) is 10.00. The minimum absolute atomic E-state index is 0. The molecule has 0 bridgehead atoms. The minimum Gasteiger partial charge on any atom is -0.356 e. The molecule has 1 saturated heterocycles. The van der Waals surface area contributed by atoms with Gasteiger partial charge in [-0.2, -0.15) is 13.2 Å². The number of hydrogen-bond acceptors (Lipinski definition) is 4. The first-order chi connectivity index (χ1) is 14.3. The van der Waals surface area contributed by atoms with Crippen LogP contribution in [0.1, 0.15) is 40.0 Å². The third-order valence-corrected chi connectivity index (χ3v) is 5.22. The summed E-state index contributed by atoms with van der Waals surface area (Å²) in [6.45, 7) is 0.736. The lowest BCUT2D eigenvalue weighted by atomic mass is 10.1. The number of carbonyl (C=O) groups is 2. The van der Waals surface area contributed by atoms with Crippen molar-refractivity contribution >= 4 is 41.8 Å². The number of aliphatic imine (C=N–C) groups is 1. The topological polar surface area (TPSA) is 77.0 Å².